The van der Waals surface area contributed by atoms with Crippen molar-refractivity contribution in [3.63, 3.8) is 0 Å². The van der Waals surface area contributed by atoms with Gasteiger partial charge in [-0.2, -0.15) is 0 Å². The Labute approximate surface area is 64.9 Å². The van der Waals surface area contributed by atoms with Gasteiger partial charge in [-0.1, -0.05) is 6.92 Å². The average molecular weight is 160 g/mol. The van der Waals surface area contributed by atoms with Gasteiger partial charge in [0, 0.05) is 6.04 Å². The Kier molecular flexibility index (Phi) is 5.91. The van der Waals surface area contributed by atoms with Gasteiger partial charge in [0.05, 0.1) is 6.17 Å². The van der Waals surface area contributed by atoms with Gasteiger partial charge in [0.15, 0.2) is 0 Å². The van der Waals surface area contributed by atoms with Crippen LogP contribution in [-0.4, -0.2) is 26.8 Å². The van der Waals surface area contributed by atoms with E-state index in [1.54, 1.807) is 0 Å². The molecule has 2 atom stereocenters. The molecule has 0 heterocycles. The summed E-state index contributed by atoms with van der Waals surface area (Å²) in [7, 11) is 0.0264. The number of nitrogens with two attached hydrogens (primary N) is 1. The van der Waals surface area contributed by atoms with Gasteiger partial charge in [-0.05, 0) is 19.4 Å². The second-order valence-electron chi connectivity index (χ2n) is 2.42. The van der Waals surface area contributed by atoms with E-state index in [4.69, 9.17) is 10.5 Å². The Morgan fingerprint density at radius 2 is 2.30 bits per heavy atom. The van der Waals surface area contributed by atoms with Crippen LogP contribution in [0.4, 0.5) is 0 Å². The highest BCUT2D eigenvalue weighted by Gasteiger charge is 2.06. The summed E-state index contributed by atoms with van der Waals surface area (Å²) >= 11 is 0. The van der Waals surface area contributed by atoms with Crippen molar-refractivity contribution in [3.8, 4) is 0 Å². The van der Waals surface area contributed by atoms with Crippen LogP contribution in [0.2, 0.25) is 6.04 Å². The van der Waals surface area contributed by atoms with Gasteiger partial charge in [0.2, 0.25) is 9.76 Å². The molecule has 0 saturated heterocycles. The largest absolute Gasteiger partial charge is 0.432 e. The minimum absolute atomic E-state index is 0.0264. The molecule has 4 heteroatoms. The fourth-order valence-corrected chi connectivity index (χ4v) is 1.43. The van der Waals surface area contributed by atoms with E-state index in [0.717, 1.165) is 12.5 Å². The SMILES string of the molecule is CCC(C[Si]O)NC(C)N. The Morgan fingerprint density at radius 1 is 1.70 bits per heavy atom. The van der Waals surface area contributed by atoms with E-state index >= 15 is 0 Å². The molecule has 2 unspecified atom stereocenters. The normalized spacial score (nSPS) is 16.8. The van der Waals surface area contributed by atoms with Crippen LogP contribution in [0.25, 0.3) is 0 Å². The van der Waals surface area contributed by atoms with Crippen molar-refractivity contribution in [3.05, 3.63) is 0 Å². The predicted molar refractivity (Wildman–Crippen MR) is 43.6 cm³/mol. The minimum Gasteiger partial charge on any atom is -0.432 e. The van der Waals surface area contributed by atoms with Crippen molar-refractivity contribution < 1.29 is 4.80 Å². The van der Waals surface area contributed by atoms with Crippen LogP contribution in [0.5, 0.6) is 0 Å². The van der Waals surface area contributed by atoms with E-state index in [-0.39, 0.29) is 15.9 Å². The first-order valence-corrected chi connectivity index (χ1v) is 4.74. The van der Waals surface area contributed by atoms with Crippen LogP contribution in [0.1, 0.15) is 20.3 Å². The van der Waals surface area contributed by atoms with E-state index in [2.05, 4.69) is 12.2 Å². The van der Waals surface area contributed by atoms with Gasteiger partial charge < -0.3 is 10.5 Å². The molecule has 0 aromatic carbocycles. The number of rotatable bonds is 5. The Bertz CT molecular complexity index is 80.1. The van der Waals surface area contributed by atoms with Crippen LogP contribution in [-0.2, 0) is 0 Å². The zero-order valence-electron chi connectivity index (χ0n) is 6.59. The summed E-state index contributed by atoms with van der Waals surface area (Å²) in [5.41, 5.74) is 5.51. The maximum atomic E-state index is 8.63. The van der Waals surface area contributed by atoms with Crippen LogP contribution in [0.15, 0.2) is 0 Å². The molecule has 0 aliphatic carbocycles. The van der Waals surface area contributed by atoms with Crippen molar-refractivity contribution in [1.29, 1.82) is 0 Å². The third-order valence-electron chi connectivity index (χ3n) is 1.33. The van der Waals surface area contributed by atoms with Crippen LogP contribution < -0.4 is 11.1 Å². The summed E-state index contributed by atoms with van der Waals surface area (Å²) < 4.78 is 0. The van der Waals surface area contributed by atoms with Crippen molar-refractivity contribution in [2.24, 2.45) is 5.73 Å². The quantitative estimate of drug-likeness (QED) is 0.382. The van der Waals surface area contributed by atoms with E-state index < -0.39 is 0 Å². The predicted octanol–water partition coefficient (Wildman–Crippen LogP) is -0.311. The number of hydrogen-bond donors (Lipinski definition) is 3. The summed E-state index contributed by atoms with van der Waals surface area (Å²) in [5, 5.41) is 3.16. The first-order chi connectivity index (χ1) is 4.70. The number of hydrogen-bond acceptors (Lipinski definition) is 3. The minimum atomic E-state index is 0.0264. The molecule has 0 aromatic rings. The molecule has 0 rings (SSSR count). The first kappa shape index (κ1) is 10.1. The highest BCUT2D eigenvalue weighted by atomic mass is 28.2. The maximum absolute atomic E-state index is 8.63. The van der Waals surface area contributed by atoms with Gasteiger partial charge in [0.25, 0.3) is 0 Å². The Morgan fingerprint density at radius 3 is 2.60 bits per heavy atom. The van der Waals surface area contributed by atoms with Crippen molar-refractivity contribution in [2.45, 2.75) is 38.5 Å². The fourth-order valence-electron chi connectivity index (χ4n) is 0.803. The van der Waals surface area contributed by atoms with Crippen LogP contribution >= 0.6 is 0 Å². The topological polar surface area (TPSA) is 58.3 Å². The third-order valence-corrected chi connectivity index (χ3v) is 2.00. The molecule has 10 heavy (non-hydrogen) atoms. The summed E-state index contributed by atoms with van der Waals surface area (Å²) in [4.78, 5) is 8.63. The lowest BCUT2D eigenvalue weighted by molar-refractivity contribution is 0.455. The van der Waals surface area contributed by atoms with Gasteiger partial charge in [-0.3, -0.25) is 5.32 Å². The highest BCUT2D eigenvalue weighted by Crippen LogP contribution is 1.96. The Balaban J connectivity index is 3.39. The van der Waals surface area contributed by atoms with Gasteiger partial charge in [0.1, 0.15) is 0 Å². The molecular formula is C6H16N2OSi. The molecule has 0 spiro atoms. The molecule has 0 saturated carbocycles. The summed E-state index contributed by atoms with van der Waals surface area (Å²) in [6.07, 6.45) is 1.05. The average Bonchev–Trinajstić information content (AvgIpc) is 1.86. The second kappa shape index (κ2) is 5.85. The van der Waals surface area contributed by atoms with Crippen LogP contribution in [0.3, 0.4) is 0 Å². The molecule has 0 aromatic heterocycles. The molecule has 2 radical (unpaired) electrons. The fraction of sp³-hybridized carbons (Fsp3) is 1.00. The zero-order chi connectivity index (χ0) is 7.98. The van der Waals surface area contributed by atoms with E-state index in [1.807, 2.05) is 6.92 Å². The van der Waals surface area contributed by atoms with Gasteiger partial charge in [-0.25, -0.2) is 0 Å². The lowest BCUT2D eigenvalue weighted by atomic mass is 10.2. The molecule has 3 nitrogen and oxygen atoms in total. The molecule has 0 aliphatic heterocycles. The van der Waals surface area contributed by atoms with Gasteiger partial charge >= 0.3 is 0 Å². The van der Waals surface area contributed by atoms with Crippen molar-refractivity contribution >= 4 is 9.76 Å². The second-order valence-corrected chi connectivity index (χ2v) is 3.15. The lowest BCUT2D eigenvalue weighted by Gasteiger charge is -2.17. The highest BCUT2D eigenvalue weighted by molar-refractivity contribution is 6.25. The monoisotopic (exact) mass is 160 g/mol. The summed E-state index contributed by atoms with van der Waals surface area (Å²) in [6, 6.07) is 1.20. The van der Waals surface area contributed by atoms with Crippen molar-refractivity contribution in [2.75, 3.05) is 0 Å². The van der Waals surface area contributed by atoms with E-state index in [0.29, 0.717) is 6.04 Å². The van der Waals surface area contributed by atoms with Crippen LogP contribution in [0, 0.1) is 0 Å². The molecule has 0 amide bonds. The molecular weight excluding hydrogens is 144 g/mol. The zero-order valence-corrected chi connectivity index (χ0v) is 7.59. The van der Waals surface area contributed by atoms with E-state index in [1.165, 1.54) is 0 Å². The van der Waals surface area contributed by atoms with Gasteiger partial charge in [-0.15, -0.1) is 0 Å². The Hall–Kier alpha value is 0.0969. The van der Waals surface area contributed by atoms with E-state index in [9.17, 15) is 0 Å². The smallest absolute Gasteiger partial charge is 0.225 e. The molecule has 60 valence electrons. The molecule has 0 bridgehead atoms. The summed E-state index contributed by atoms with van der Waals surface area (Å²) in [6.45, 7) is 3.99. The first-order valence-electron chi connectivity index (χ1n) is 3.59. The number of nitrogens with one attached hydrogen (secondary N) is 1. The molecule has 0 fully saturated rings. The third kappa shape index (κ3) is 4.93. The van der Waals surface area contributed by atoms with Crippen molar-refractivity contribution in [1.82, 2.24) is 5.32 Å². The molecule has 0 aliphatic rings. The lowest BCUT2D eigenvalue weighted by Crippen LogP contribution is -2.41. The standard InChI is InChI=1S/C6H16N2OSi/c1-3-6(4-10-9)8-5(2)7/h5-6,8-9H,3-4,7H2,1-2H3. The maximum Gasteiger partial charge on any atom is 0.225 e. The molecule has 4 N–H and O–H groups in total. The summed E-state index contributed by atoms with van der Waals surface area (Å²) in [5.74, 6) is 0.